The van der Waals surface area contributed by atoms with Crippen molar-refractivity contribution in [2.24, 2.45) is 0 Å². The van der Waals surface area contributed by atoms with Crippen LogP contribution in [0.1, 0.15) is 13.3 Å². The highest BCUT2D eigenvalue weighted by Crippen LogP contribution is 2.43. The van der Waals surface area contributed by atoms with Gasteiger partial charge in [0.1, 0.15) is 11.6 Å². The lowest BCUT2D eigenvalue weighted by molar-refractivity contribution is 0.275. The summed E-state index contributed by atoms with van der Waals surface area (Å²) < 4.78 is 80.1. The van der Waals surface area contributed by atoms with Crippen molar-refractivity contribution in [3.63, 3.8) is 0 Å². The average Bonchev–Trinajstić information content (AvgIpc) is 3.51. The second-order valence-corrected chi connectivity index (χ2v) is 13.4. The number of allylic oxidation sites excluding steroid dienone is 2. The second-order valence-electron chi connectivity index (χ2n) is 10.6. The molecule has 2 N–H and O–H groups in total. The van der Waals surface area contributed by atoms with Crippen LogP contribution in [-0.2, 0) is 20.2 Å². The fraction of sp³-hybridized carbons (Fsp3) is 0.152. The summed E-state index contributed by atoms with van der Waals surface area (Å²) in [7, 11) is -8.90. The van der Waals surface area contributed by atoms with Crippen LogP contribution in [0, 0.1) is 0 Å². The van der Waals surface area contributed by atoms with E-state index in [1.54, 1.807) is 30.4 Å². The quantitative estimate of drug-likeness (QED) is 0.199. The number of fused-ring (bicyclic) bond motifs is 2. The highest BCUT2D eigenvalue weighted by Gasteiger charge is 2.34. The average molecular weight is 647 g/mol. The molecule has 0 radical (unpaired) electrons. The van der Waals surface area contributed by atoms with Gasteiger partial charge in [0.15, 0.2) is 17.9 Å². The van der Waals surface area contributed by atoms with Crippen molar-refractivity contribution in [2.45, 2.75) is 19.6 Å². The predicted octanol–water partition coefficient (Wildman–Crippen LogP) is 6.31. The number of ether oxygens (including phenoxy) is 2. The minimum atomic E-state index is -4.46. The molecule has 232 valence electrons. The molecule has 0 aliphatic carbocycles. The Morgan fingerprint density at radius 3 is 1.84 bits per heavy atom. The van der Waals surface area contributed by atoms with Gasteiger partial charge in [0.2, 0.25) is 5.88 Å². The third kappa shape index (κ3) is 6.89. The molecule has 4 aromatic carbocycles. The number of hydrogen-bond donors (Lipinski definition) is 2. The normalized spacial score (nSPS) is 17.2. The maximum atomic E-state index is 12.1. The van der Waals surface area contributed by atoms with E-state index >= 15 is 0 Å². The van der Waals surface area contributed by atoms with Crippen molar-refractivity contribution in [2.75, 3.05) is 21.6 Å². The molecule has 6 rings (SSSR count). The third-order valence-electron chi connectivity index (χ3n) is 7.44. The first-order valence-electron chi connectivity index (χ1n) is 14.1. The van der Waals surface area contributed by atoms with Crippen LogP contribution in [0.25, 0.3) is 22.3 Å². The lowest BCUT2D eigenvalue weighted by atomic mass is 10.0. The van der Waals surface area contributed by atoms with Gasteiger partial charge in [0, 0.05) is 6.08 Å². The summed E-state index contributed by atoms with van der Waals surface area (Å²) in [5.74, 6) is -0.459. The zero-order chi connectivity index (χ0) is 31.8. The highest BCUT2D eigenvalue weighted by molar-refractivity contribution is 7.86. The molecule has 0 saturated carbocycles. The van der Waals surface area contributed by atoms with Crippen molar-refractivity contribution in [3.05, 3.63) is 121 Å². The Bertz CT molecular complexity index is 2010. The first-order valence-corrected chi connectivity index (χ1v) is 17.3. The largest absolute Gasteiger partial charge is 0.465 e. The maximum Gasteiger partial charge on any atom is 0.283 e. The van der Waals surface area contributed by atoms with Crippen LogP contribution in [-0.4, -0.2) is 43.9 Å². The van der Waals surface area contributed by atoms with Crippen molar-refractivity contribution in [3.8, 4) is 33.8 Å². The molecule has 1 atom stereocenters. The van der Waals surface area contributed by atoms with Crippen LogP contribution in [0.4, 0.5) is 11.4 Å². The van der Waals surface area contributed by atoms with E-state index in [2.05, 4.69) is 0 Å². The molecule has 12 heteroatoms. The van der Waals surface area contributed by atoms with Crippen LogP contribution >= 0.6 is 0 Å². The molecule has 0 bridgehead atoms. The van der Waals surface area contributed by atoms with Crippen LogP contribution in [0.2, 0.25) is 0 Å². The van der Waals surface area contributed by atoms with E-state index in [0.717, 1.165) is 22.3 Å². The monoisotopic (exact) mass is 646 g/mol. The molecular weight excluding hydrogens is 617 g/mol. The van der Waals surface area contributed by atoms with Gasteiger partial charge in [-0.25, -0.2) is 0 Å². The third-order valence-corrected chi connectivity index (χ3v) is 8.62. The summed E-state index contributed by atoms with van der Waals surface area (Å²) in [6.07, 6.45) is 2.83. The Balaban J connectivity index is 1.36. The molecule has 0 aromatic heterocycles. The van der Waals surface area contributed by atoms with Crippen LogP contribution < -0.4 is 19.3 Å². The van der Waals surface area contributed by atoms with Gasteiger partial charge in [-0.2, -0.15) is 16.8 Å². The zero-order valence-corrected chi connectivity index (χ0v) is 25.8. The number of benzene rings is 4. The van der Waals surface area contributed by atoms with E-state index in [1.165, 1.54) is 9.80 Å². The van der Waals surface area contributed by atoms with Gasteiger partial charge in [0.25, 0.3) is 20.2 Å². The lowest BCUT2D eigenvalue weighted by Gasteiger charge is -2.22. The van der Waals surface area contributed by atoms with Crippen molar-refractivity contribution < 1.29 is 35.4 Å². The SMILES string of the molecule is CCC(=C/C1Oc2ccc(-c3ccccc3)cc2N1CS(=O)(=O)O)/C=C1\Oc2ccc(-c3ccccc3)cc2N1CS(=O)(=O)O. The minimum absolute atomic E-state index is 0.157. The van der Waals surface area contributed by atoms with E-state index < -0.39 is 38.2 Å². The Hall–Kier alpha value is -4.62. The fourth-order valence-corrected chi connectivity index (χ4v) is 6.58. The van der Waals surface area contributed by atoms with Crippen molar-refractivity contribution >= 4 is 31.6 Å². The van der Waals surface area contributed by atoms with E-state index in [-0.39, 0.29) is 5.88 Å². The van der Waals surface area contributed by atoms with Gasteiger partial charge in [-0.3, -0.25) is 14.0 Å². The number of hydrogen-bond acceptors (Lipinski definition) is 8. The smallest absolute Gasteiger partial charge is 0.283 e. The summed E-state index contributed by atoms with van der Waals surface area (Å²) >= 11 is 0. The van der Waals surface area contributed by atoms with Crippen LogP contribution in [0.3, 0.4) is 0 Å². The maximum absolute atomic E-state index is 12.1. The number of nitrogens with zero attached hydrogens (tertiary/aromatic N) is 2. The first kappa shape index (κ1) is 30.4. The molecule has 0 spiro atoms. The molecule has 10 nitrogen and oxygen atoms in total. The Kier molecular flexibility index (Phi) is 8.14. The number of rotatable bonds is 9. The molecule has 0 saturated heterocycles. The molecule has 2 aliphatic heterocycles. The molecule has 4 aromatic rings. The first-order chi connectivity index (χ1) is 21.5. The summed E-state index contributed by atoms with van der Waals surface area (Å²) in [6.45, 7) is 1.87. The van der Waals surface area contributed by atoms with Crippen LogP contribution in [0.15, 0.2) is 121 Å². The second kappa shape index (κ2) is 12.1. The topological polar surface area (TPSA) is 134 Å². The summed E-state index contributed by atoms with van der Waals surface area (Å²) in [4.78, 5) is 2.81. The molecular formula is C33H30N2O8S2. The zero-order valence-electron chi connectivity index (χ0n) is 24.1. The molecule has 2 aliphatic rings. The highest BCUT2D eigenvalue weighted by atomic mass is 32.2. The van der Waals surface area contributed by atoms with Crippen molar-refractivity contribution in [1.29, 1.82) is 0 Å². The van der Waals surface area contributed by atoms with Gasteiger partial charge >= 0.3 is 0 Å². The molecule has 45 heavy (non-hydrogen) atoms. The van der Waals surface area contributed by atoms with Crippen LogP contribution in [0.5, 0.6) is 11.5 Å². The standard InChI is InChI=1S/C33H30N2O8S2/c1-2-23(17-32-34(21-44(36,37)38)28-19-26(13-15-30(28)42-32)24-9-5-3-6-10-24)18-33-35(22-45(39,40)41)29-20-27(14-16-31(29)43-33)25-11-7-4-8-12-25/h3-20,32H,2,21-22H2,1H3,(H,36,37,38)(H,39,40,41)/b23-17-,33-18-. The fourth-order valence-electron chi connectivity index (χ4n) is 5.35. The predicted molar refractivity (Wildman–Crippen MR) is 173 cm³/mol. The molecule has 0 fully saturated rings. The van der Waals surface area contributed by atoms with E-state index in [0.29, 0.717) is 34.9 Å². The van der Waals surface area contributed by atoms with Gasteiger partial charge in [-0.15, -0.1) is 0 Å². The van der Waals surface area contributed by atoms with E-state index in [1.807, 2.05) is 85.8 Å². The van der Waals surface area contributed by atoms with Gasteiger partial charge in [-0.1, -0.05) is 79.7 Å². The summed E-state index contributed by atoms with van der Waals surface area (Å²) in [5.41, 5.74) is 5.10. The molecule has 0 amide bonds. The summed E-state index contributed by atoms with van der Waals surface area (Å²) in [5, 5.41) is 0. The molecule has 1 unspecified atom stereocenters. The lowest BCUT2D eigenvalue weighted by Crippen LogP contribution is -2.37. The van der Waals surface area contributed by atoms with E-state index in [4.69, 9.17) is 9.47 Å². The van der Waals surface area contributed by atoms with E-state index in [9.17, 15) is 25.9 Å². The summed E-state index contributed by atoms with van der Waals surface area (Å²) in [6, 6.07) is 29.9. The minimum Gasteiger partial charge on any atom is -0.465 e. The van der Waals surface area contributed by atoms with Gasteiger partial charge in [0.05, 0.1) is 11.4 Å². The number of anilines is 2. The van der Waals surface area contributed by atoms with Gasteiger partial charge < -0.3 is 14.4 Å². The van der Waals surface area contributed by atoms with Gasteiger partial charge in [-0.05, 0) is 64.6 Å². The Morgan fingerprint density at radius 1 is 0.733 bits per heavy atom. The Labute approximate surface area is 262 Å². The molecule has 2 heterocycles. The Morgan fingerprint density at radius 2 is 1.29 bits per heavy atom. The van der Waals surface area contributed by atoms with Crippen molar-refractivity contribution in [1.82, 2.24) is 0 Å².